The third kappa shape index (κ3) is 9.00. The minimum absolute atomic E-state index is 0.0215. The lowest BCUT2D eigenvalue weighted by Crippen LogP contribution is -2.69. The largest absolute Gasteiger partial charge is 0.497 e. The third-order valence-corrected chi connectivity index (χ3v) is 14.3. The third-order valence-electron chi connectivity index (χ3n) is 12.4. The van der Waals surface area contributed by atoms with Gasteiger partial charge in [-0.3, -0.25) is 10.3 Å². The standard InChI is InChI=1S/C47H56N4O11S/c1-6-25-60-47-42(51(2)63(55,56)41-17-11-14-30-15-12-22-48-45(30)41)29-38(50-59-5)35-26-31(13-7-9-23-52)34(16-8-10-24-53)43(44(35)47)36-27-33(19-21-39(36)62-47)61-46(54)49-37-20-18-32(57-3)28-40(37)58-4/h6,11-12,14-15,17-22,26-28,31,34,42-44,52-53H,1,7-10,13,16,23-25,29H2,2-5H3,(H,49,54)/t31-,34+,42-,43+,44+,47+/m0/s1. The average Bonchev–Trinajstić information content (AvgIpc) is 3.29. The topological polar surface area (TPSA) is 188 Å². The fraction of sp³-hybridized carbons (Fsp3) is 0.426. The Bertz CT molecular complexity index is 2460. The number of likely N-dealkylation sites (N-methyl/N-ethyl adjacent to an activating group) is 1. The smallest absolute Gasteiger partial charge is 0.417 e. The number of ether oxygens (including phenoxy) is 5. The summed E-state index contributed by atoms with van der Waals surface area (Å²) >= 11 is 0. The van der Waals surface area contributed by atoms with Crippen LogP contribution in [0.1, 0.15) is 56.4 Å². The molecule has 2 heterocycles. The van der Waals surface area contributed by atoms with E-state index in [9.17, 15) is 15.0 Å². The van der Waals surface area contributed by atoms with Gasteiger partial charge in [-0.05, 0) is 85.6 Å². The first kappa shape index (κ1) is 45.5. The van der Waals surface area contributed by atoms with E-state index >= 15 is 8.42 Å². The van der Waals surface area contributed by atoms with E-state index in [-0.39, 0.29) is 48.7 Å². The zero-order chi connectivity index (χ0) is 44.7. The average molecular weight is 885 g/mol. The number of allylic oxidation sites excluding steroid dienone is 1. The number of sulfonamides is 1. The van der Waals surface area contributed by atoms with E-state index in [1.165, 1.54) is 32.7 Å². The summed E-state index contributed by atoms with van der Waals surface area (Å²) in [5.74, 6) is -1.25. The summed E-state index contributed by atoms with van der Waals surface area (Å²) in [6, 6.07) is 17.8. The highest BCUT2D eigenvalue weighted by Gasteiger charge is 2.65. The van der Waals surface area contributed by atoms with E-state index in [1.807, 2.05) is 12.1 Å². The van der Waals surface area contributed by atoms with E-state index in [2.05, 4.69) is 28.1 Å². The number of nitrogens with one attached hydrogen (secondary N) is 1. The van der Waals surface area contributed by atoms with Crippen LogP contribution in [0.4, 0.5) is 10.5 Å². The molecule has 4 aromatic rings. The monoisotopic (exact) mass is 884 g/mol. The SMILES string of the molecule is C=CCO[C@@]12Oc3ccc(OC(=O)Nc4ccc(OC)cc4OC)cc3[C@H]3[C@H](CCCCO)[C@@H](CCCCO)C=C(C(=NOC)C[C@@H]1N(C)S(=O)(=O)c1cccc4cccnc14)[C@H]32. The van der Waals surface area contributed by atoms with Crippen molar-refractivity contribution < 1.29 is 51.9 Å². The molecule has 6 atom stereocenters. The number of anilines is 1. The van der Waals surface area contributed by atoms with Crippen molar-refractivity contribution in [2.45, 2.75) is 67.6 Å². The highest BCUT2D eigenvalue weighted by Crippen LogP contribution is 2.62. The quantitative estimate of drug-likeness (QED) is 0.0481. The van der Waals surface area contributed by atoms with Crippen molar-refractivity contribution in [3.8, 4) is 23.0 Å². The zero-order valence-corrected chi connectivity index (χ0v) is 36.9. The minimum atomic E-state index is -4.29. The maximum Gasteiger partial charge on any atom is 0.417 e. The normalized spacial score (nSPS) is 23.3. The number of methoxy groups -OCH3 is 2. The van der Waals surface area contributed by atoms with Gasteiger partial charge in [0, 0.05) is 55.8 Å². The van der Waals surface area contributed by atoms with Crippen molar-refractivity contribution in [1.82, 2.24) is 9.29 Å². The van der Waals surface area contributed by atoms with Crippen LogP contribution < -0.4 is 24.3 Å². The lowest BCUT2D eigenvalue weighted by atomic mass is 9.55. The molecule has 3 aliphatic rings. The van der Waals surface area contributed by atoms with Gasteiger partial charge < -0.3 is 38.7 Å². The minimum Gasteiger partial charge on any atom is -0.497 e. The molecule has 1 fully saturated rings. The molecule has 1 saturated carbocycles. The van der Waals surface area contributed by atoms with Gasteiger partial charge in [-0.25, -0.2) is 13.2 Å². The van der Waals surface area contributed by atoms with Gasteiger partial charge in [0.15, 0.2) is 0 Å². The summed E-state index contributed by atoms with van der Waals surface area (Å²) in [5.41, 5.74) is 2.78. The Balaban J connectivity index is 1.39. The maximum absolute atomic E-state index is 15.0. The maximum atomic E-state index is 15.0. The Hall–Kier alpha value is -5.52. The summed E-state index contributed by atoms with van der Waals surface area (Å²) < 4.78 is 62.2. The molecule has 0 spiro atoms. The number of carbonyl (C=O) groups is 1. The number of nitrogens with zero attached hydrogens (tertiary/aromatic N) is 3. The number of rotatable bonds is 19. The number of pyridine rings is 1. The van der Waals surface area contributed by atoms with Crippen LogP contribution in [0, 0.1) is 17.8 Å². The molecular weight excluding hydrogens is 829 g/mol. The number of aliphatic hydroxyl groups excluding tert-OH is 2. The van der Waals surface area contributed by atoms with Crippen LogP contribution in [0.25, 0.3) is 10.9 Å². The molecule has 3 N–H and O–H groups in total. The van der Waals surface area contributed by atoms with Crippen molar-refractivity contribution in [3.63, 3.8) is 0 Å². The van der Waals surface area contributed by atoms with Crippen molar-refractivity contribution in [2.24, 2.45) is 22.9 Å². The number of para-hydroxylation sites is 1. The molecule has 63 heavy (non-hydrogen) atoms. The number of hydrogen-bond donors (Lipinski definition) is 3. The molecule has 0 bridgehead atoms. The molecule has 16 heteroatoms. The Kier molecular flexibility index (Phi) is 14.4. The Morgan fingerprint density at radius 2 is 1.76 bits per heavy atom. The lowest BCUT2D eigenvalue weighted by molar-refractivity contribution is -0.250. The number of hydrogen-bond acceptors (Lipinski definition) is 13. The van der Waals surface area contributed by atoms with E-state index in [1.54, 1.807) is 66.9 Å². The van der Waals surface area contributed by atoms with Gasteiger partial charge in [0.1, 0.15) is 35.0 Å². The van der Waals surface area contributed by atoms with Crippen molar-refractivity contribution in [1.29, 1.82) is 0 Å². The van der Waals surface area contributed by atoms with Crippen LogP contribution in [0.5, 0.6) is 23.0 Å². The highest BCUT2D eigenvalue weighted by atomic mass is 32.2. The van der Waals surface area contributed by atoms with Crippen LogP contribution >= 0.6 is 0 Å². The summed E-state index contributed by atoms with van der Waals surface area (Å²) in [5, 5.41) is 27.8. The summed E-state index contributed by atoms with van der Waals surface area (Å²) in [6.45, 7) is 4.05. The van der Waals surface area contributed by atoms with Gasteiger partial charge in [-0.1, -0.05) is 48.3 Å². The Labute approximate surface area is 368 Å². The van der Waals surface area contributed by atoms with E-state index < -0.39 is 39.8 Å². The van der Waals surface area contributed by atoms with Crippen molar-refractivity contribution in [3.05, 3.63) is 103 Å². The van der Waals surface area contributed by atoms with Gasteiger partial charge in [0.2, 0.25) is 15.8 Å². The van der Waals surface area contributed by atoms with Gasteiger partial charge in [0.25, 0.3) is 0 Å². The number of unbranched alkanes of at least 4 members (excludes halogenated alkanes) is 2. The molecule has 2 aliphatic carbocycles. The molecule has 1 aliphatic heterocycles. The summed E-state index contributed by atoms with van der Waals surface area (Å²) in [6.07, 6.45) is 8.75. The number of oxime groups is 1. The van der Waals surface area contributed by atoms with E-state index in [4.69, 9.17) is 28.5 Å². The second-order valence-corrected chi connectivity index (χ2v) is 17.9. The molecule has 7 rings (SSSR count). The van der Waals surface area contributed by atoms with Gasteiger partial charge in [-0.2, -0.15) is 4.31 Å². The first-order valence-corrected chi connectivity index (χ1v) is 22.6. The fourth-order valence-electron chi connectivity index (χ4n) is 9.63. The van der Waals surface area contributed by atoms with Crippen molar-refractivity contribution >= 4 is 38.4 Å². The van der Waals surface area contributed by atoms with E-state index in [0.29, 0.717) is 65.2 Å². The molecule has 0 unspecified atom stereocenters. The van der Waals surface area contributed by atoms with Crippen LogP contribution in [0.3, 0.4) is 0 Å². The van der Waals surface area contributed by atoms with E-state index in [0.717, 1.165) is 24.0 Å². The first-order valence-electron chi connectivity index (χ1n) is 21.2. The number of aromatic nitrogens is 1. The Morgan fingerprint density at radius 1 is 1.00 bits per heavy atom. The molecule has 0 saturated heterocycles. The summed E-state index contributed by atoms with van der Waals surface area (Å²) in [7, 11) is 1.72. The number of benzene rings is 3. The van der Waals surface area contributed by atoms with Crippen LogP contribution in [-0.4, -0.2) is 99.8 Å². The van der Waals surface area contributed by atoms with Gasteiger partial charge in [0.05, 0.1) is 49.7 Å². The first-order chi connectivity index (χ1) is 30.5. The van der Waals surface area contributed by atoms with Crippen LogP contribution in [0.15, 0.2) is 107 Å². The molecule has 1 aromatic heterocycles. The predicted molar refractivity (Wildman–Crippen MR) is 238 cm³/mol. The molecule has 15 nitrogen and oxygen atoms in total. The molecule has 0 radical (unpaired) electrons. The second kappa shape index (κ2) is 19.9. The van der Waals surface area contributed by atoms with Gasteiger partial charge >= 0.3 is 6.09 Å². The predicted octanol–water partition coefficient (Wildman–Crippen LogP) is 7.45. The number of aliphatic hydroxyl groups is 2. The van der Waals surface area contributed by atoms with Crippen LogP contribution in [0.2, 0.25) is 0 Å². The molecular formula is C47H56N4O11S. The molecule has 3 aromatic carbocycles. The van der Waals surface area contributed by atoms with Crippen molar-refractivity contribution in [2.75, 3.05) is 53.5 Å². The second-order valence-electron chi connectivity index (χ2n) is 15.9. The summed E-state index contributed by atoms with van der Waals surface area (Å²) in [4.78, 5) is 23.5. The number of amides is 1. The van der Waals surface area contributed by atoms with Crippen LogP contribution in [-0.2, 0) is 19.6 Å². The number of carbonyl (C=O) groups excluding carboxylic acids is 1. The van der Waals surface area contributed by atoms with Gasteiger partial charge in [-0.15, -0.1) is 6.58 Å². The zero-order valence-electron chi connectivity index (χ0n) is 36.1. The lowest BCUT2D eigenvalue weighted by Gasteiger charge is -2.59. The molecule has 336 valence electrons. The highest BCUT2D eigenvalue weighted by molar-refractivity contribution is 7.89. The fourth-order valence-corrected chi connectivity index (χ4v) is 11.2. The molecule has 1 amide bonds. The number of fused-ring (bicyclic) bond motifs is 3. The Morgan fingerprint density at radius 3 is 2.49 bits per heavy atom.